The number of sulfonamides is 1. The second-order valence-corrected chi connectivity index (χ2v) is 10.2. The first-order chi connectivity index (χ1) is 15.4. The van der Waals surface area contributed by atoms with Gasteiger partial charge in [-0.2, -0.15) is 4.31 Å². The van der Waals surface area contributed by atoms with Gasteiger partial charge < -0.3 is 5.32 Å². The maximum Gasteiger partial charge on any atom is 0.244 e. The summed E-state index contributed by atoms with van der Waals surface area (Å²) in [5, 5.41) is 3.26. The molecule has 0 spiro atoms. The van der Waals surface area contributed by atoms with Crippen LogP contribution < -0.4 is 5.32 Å². The van der Waals surface area contributed by atoms with Gasteiger partial charge >= 0.3 is 0 Å². The molecule has 2 heterocycles. The van der Waals surface area contributed by atoms with Crippen molar-refractivity contribution in [2.75, 3.05) is 13.1 Å². The molecule has 0 aliphatic carbocycles. The highest BCUT2D eigenvalue weighted by atomic mass is 32.2. The summed E-state index contributed by atoms with van der Waals surface area (Å²) < 4.78 is 27.1. The van der Waals surface area contributed by atoms with Gasteiger partial charge in [0.15, 0.2) is 0 Å². The first-order valence-electron chi connectivity index (χ1n) is 10.7. The van der Waals surface area contributed by atoms with Gasteiger partial charge in [0.2, 0.25) is 15.9 Å². The predicted molar refractivity (Wildman–Crippen MR) is 123 cm³/mol. The Labute approximate surface area is 189 Å². The lowest BCUT2D eigenvalue weighted by molar-refractivity contribution is -0.127. The van der Waals surface area contributed by atoms with Crippen molar-refractivity contribution in [1.29, 1.82) is 0 Å². The first-order valence-corrected chi connectivity index (χ1v) is 12.2. The van der Waals surface area contributed by atoms with Crippen molar-refractivity contribution in [2.45, 2.75) is 30.2 Å². The maximum absolute atomic E-state index is 13.3. The summed E-state index contributed by atoms with van der Waals surface area (Å²) in [5.74, 6) is -0.305. The molecular weight excluding hydrogens is 422 g/mol. The Bertz CT molecular complexity index is 1110. The molecule has 4 rings (SSSR count). The zero-order valence-electron chi connectivity index (χ0n) is 18.0. The number of carbonyl (C=O) groups excluding carboxylic acids is 1. The second kappa shape index (κ2) is 9.22. The Kier molecular flexibility index (Phi) is 6.39. The fourth-order valence-electron chi connectivity index (χ4n) is 4.21. The zero-order chi connectivity index (χ0) is 22.6. The van der Waals surface area contributed by atoms with Gasteiger partial charge in [0.1, 0.15) is 4.90 Å². The largest absolute Gasteiger partial charge is 0.343 e. The van der Waals surface area contributed by atoms with E-state index in [-0.39, 0.29) is 16.7 Å². The van der Waals surface area contributed by atoms with Crippen LogP contribution in [0.2, 0.25) is 0 Å². The van der Waals surface area contributed by atoms with Crippen LogP contribution in [-0.4, -0.2) is 36.7 Å². The lowest BCUT2D eigenvalue weighted by Crippen LogP contribution is -2.49. The number of piperidine rings is 1. The van der Waals surface area contributed by atoms with Gasteiger partial charge in [0.25, 0.3) is 0 Å². The number of rotatable bonds is 6. The van der Waals surface area contributed by atoms with Crippen LogP contribution in [0.5, 0.6) is 0 Å². The van der Waals surface area contributed by atoms with E-state index in [0.717, 1.165) is 11.1 Å². The normalized spacial score (nSPS) is 15.9. The molecule has 3 aromatic rings. The van der Waals surface area contributed by atoms with Crippen LogP contribution in [0.4, 0.5) is 0 Å². The molecule has 1 saturated heterocycles. The van der Waals surface area contributed by atoms with Crippen molar-refractivity contribution in [3.05, 3.63) is 96.3 Å². The summed E-state index contributed by atoms with van der Waals surface area (Å²) in [5.41, 5.74) is 1.31. The van der Waals surface area contributed by atoms with Crippen LogP contribution in [0.15, 0.2) is 90.1 Å². The zero-order valence-corrected chi connectivity index (χ0v) is 18.8. The summed E-state index contributed by atoms with van der Waals surface area (Å²) in [6.07, 6.45) is 3.86. The molecule has 1 fully saturated rings. The second-order valence-electron chi connectivity index (χ2n) is 8.21. The third-order valence-electron chi connectivity index (χ3n) is 6.17. The van der Waals surface area contributed by atoms with Crippen LogP contribution in [0.1, 0.15) is 30.9 Å². The Morgan fingerprint density at radius 1 is 0.938 bits per heavy atom. The van der Waals surface area contributed by atoms with E-state index in [4.69, 9.17) is 0 Å². The molecule has 1 aromatic heterocycles. The summed E-state index contributed by atoms with van der Waals surface area (Å²) in [6.45, 7) is 2.63. The SMILES string of the molecule is CC(NC(=O)C1CCN(S(=O)(=O)c2cccnc2)CC1)(c1ccccc1)c1ccccc1. The van der Waals surface area contributed by atoms with Crippen molar-refractivity contribution in [2.24, 2.45) is 5.92 Å². The Morgan fingerprint density at radius 3 is 2.00 bits per heavy atom. The topological polar surface area (TPSA) is 79.4 Å². The highest BCUT2D eigenvalue weighted by Crippen LogP contribution is 2.31. The van der Waals surface area contributed by atoms with Crippen LogP contribution in [0, 0.1) is 5.92 Å². The molecule has 7 heteroatoms. The van der Waals surface area contributed by atoms with Crippen molar-refractivity contribution < 1.29 is 13.2 Å². The van der Waals surface area contributed by atoms with Crippen LogP contribution >= 0.6 is 0 Å². The monoisotopic (exact) mass is 449 g/mol. The molecule has 1 aliphatic heterocycles. The standard InChI is InChI=1S/C25H27N3O3S/c1-25(21-9-4-2-5-10-21,22-11-6-3-7-12-22)27-24(29)20-14-17-28(18-15-20)32(30,31)23-13-8-16-26-19-23/h2-13,16,19-20H,14-15,17-18H2,1H3,(H,27,29). The van der Waals surface area contributed by atoms with Gasteiger partial charge in [-0.1, -0.05) is 60.7 Å². The molecule has 2 aromatic carbocycles. The summed E-state index contributed by atoms with van der Waals surface area (Å²) in [6, 6.07) is 23.0. The molecule has 6 nitrogen and oxygen atoms in total. The number of nitrogens with one attached hydrogen (secondary N) is 1. The van der Waals surface area contributed by atoms with E-state index in [1.54, 1.807) is 18.3 Å². The fraction of sp³-hybridized carbons (Fsp3) is 0.280. The fourth-order valence-corrected chi connectivity index (χ4v) is 5.64. The van der Waals surface area contributed by atoms with E-state index in [2.05, 4.69) is 10.3 Å². The quantitative estimate of drug-likeness (QED) is 0.624. The van der Waals surface area contributed by atoms with Gasteiger partial charge in [-0.15, -0.1) is 0 Å². The highest BCUT2D eigenvalue weighted by Gasteiger charge is 2.36. The number of pyridine rings is 1. The number of hydrogen-bond donors (Lipinski definition) is 1. The molecule has 0 saturated carbocycles. The number of aromatic nitrogens is 1. The Balaban J connectivity index is 1.49. The van der Waals surface area contributed by atoms with E-state index in [1.165, 1.54) is 10.5 Å². The van der Waals surface area contributed by atoms with Crippen molar-refractivity contribution in [3.8, 4) is 0 Å². The minimum Gasteiger partial charge on any atom is -0.343 e. The lowest BCUT2D eigenvalue weighted by Gasteiger charge is -2.36. The van der Waals surface area contributed by atoms with Gasteiger partial charge in [-0.05, 0) is 43.0 Å². The smallest absolute Gasteiger partial charge is 0.244 e. The minimum atomic E-state index is -3.59. The van der Waals surface area contributed by atoms with Crippen molar-refractivity contribution in [3.63, 3.8) is 0 Å². The molecule has 1 aliphatic rings. The molecule has 0 radical (unpaired) electrons. The van der Waals surface area contributed by atoms with Crippen molar-refractivity contribution >= 4 is 15.9 Å². The first kappa shape index (κ1) is 22.2. The Morgan fingerprint density at radius 2 is 1.50 bits per heavy atom. The molecule has 166 valence electrons. The average Bonchev–Trinajstić information content (AvgIpc) is 2.85. The number of amides is 1. The maximum atomic E-state index is 13.3. The molecule has 0 atom stereocenters. The third kappa shape index (κ3) is 4.45. The van der Waals surface area contributed by atoms with Crippen LogP contribution in [0.3, 0.4) is 0 Å². The molecular formula is C25H27N3O3S. The van der Waals surface area contributed by atoms with Crippen LogP contribution in [-0.2, 0) is 20.4 Å². The summed E-state index contributed by atoms with van der Waals surface area (Å²) >= 11 is 0. The minimum absolute atomic E-state index is 0.0568. The van der Waals surface area contributed by atoms with E-state index >= 15 is 0 Å². The van der Waals surface area contributed by atoms with Gasteiger partial charge in [-0.25, -0.2) is 8.42 Å². The highest BCUT2D eigenvalue weighted by molar-refractivity contribution is 7.89. The number of benzene rings is 2. The molecule has 0 unspecified atom stereocenters. The number of nitrogens with zero attached hydrogens (tertiary/aromatic N) is 2. The molecule has 1 amide bonds. The summed E-state index contributed by atoms with van der Waals surface area (Å²) in [7, 11) is -3.59. The average molecular weight is 450 g/mol. The van der Waals surface area contributed by atoms with Gasteiger partial charge in [-0.3, -0.25) is 9.78 Å². The molecule has 0 bridgehead atoms. The molecule has 32 heavy (non-hydrogen) atoms. The van der Waals surface area contributed by atoms with Gasteiger partial charge in [0.05, 0.1) is 5.54 Å². The van der Waals surface area contributed by atoms with E-state index in [0.29, 0.717) is 25.9 Å². The van der Waals surface area contributed by atoms with Crippen molar-refractivity contribution in [1.82, 2.24) is 14.6 Å². The molecule has 1 N–H and O–H groups in total. The number of hydrogen-bond acceptors (Lipinski definition) is 4. The van der Waals surface area contributed by atoms with E-state index in [1.807, 2.05) is 67.6 Å². The number of carbonyl (C=O) groups is 1. The van der Waals surface area contributed by atoms with E-state index < -0.39 is 15.6 Å². The predicted octanol–water partition coefficient (Wildman–Crippen LogP) is 3.56. The third-order valence-corrected chi connectivity index (χ3v) is 8.05. The van der Waals surface area contributed by atoms with E-state index in [9.17, 15) is 13.2 Å². The van der Waals surface area contributed by atoms with Gasteiger partial charge in [0, 0.05) is 31.4 Å². The Hall–Kier alpha value is -3.03. The van der Waals surface area contributed by atoms with Crippen LogP contribution in [0.25, 0.3) is 0 Å². The summed E-state index contributed by atoms with van der Waals surface area (Å²) in [4.78, 5) is 17.4. The lowest BCUT2D eigenvalue weighted by atomic mass is 9.83.